The molecule has 1 rings (SSSR count). The maximum atomic E-state index is 12.8. The minimum atomic E-state index is -3.41. The fourth-order valence-electron chi connectivity index (χ4n) is 2.22. The van der Waals surface area contributed by atoms with E-state index in [1.54, 1.807) is 22.5 Å². The first-order chi connectivity index (χ1) is 10.0. The molecule has 0 heterocycles. The van der Waals surface area contributed by atoms with Gasteiger partial charge in [-0.05, 0) is 40.9 Å². The summed E-state index contributed by atoms with van der Waals surface area (Å²) in [4.78, 5) is 0.373. The first kappa shape index (κ1) is 18.7. The molecule has 0 N–H and O–H groups in total. The van der Waals surface area contributed by atoms with Crippen molar-refractivity contribution < 1.29 is 8.42 Å². The van der Waals surface area contributed by atoms with Crippen molar-refractivity contribution in [3.05, 3.63) is 28.7 Å². The van der Waals surface area contributed by atoms with E-state index in [4.69, 9.17) is 0 Å². The van der Waals surface area contributed by atoms with Gasteiger partial charge in [0.2, 0.25) is 10.0 Å². The highest BCUT2D eigenvalue weighted by molar-refractivity contribution is 9.10. The highest BCUT2D eigenvalue weighted by atomic mass is 79.9. The van der Waals surface area contributed by atoms with E-state index in [-0.39, 0.29) is 0 Å². The molecule has 0 aliphatic rings. The van der Waals surface area contributed by atoms with Gasteiger partial charge in [0.1, 0.15) is 0 Å². The lowest BCUT2D eigenvalue weighted by Gasteiger charge is -2.22. The second kappa shape index (κ2) is 9.59. The Kier molecular flexibility index (Phi) is 8.52. The highest BCUT2D eigenvalue weighted by Gasteiger charge is 2.25. The Morgan fingerprint density at radius 1 is 0.952 bits per heavy atom. The molecule has 5 heteroatoms. The molecule has 1 aromatic carbocycles. The van der Waals surface area contributed by atoms with Crippen LogP contribution in [0.4, 0.5) is 0 Å². The summed E-state index contributed by atoms with van der Waals surface area (Å²) in [5.41, 5.74) is 0. The lowest BCUT2D eigenvalue weighted by Crippen LogP contribution is -2.33. The van der Waals surface area contributed by atoms with Crippen LogP contribution in [-0.2, 0) is 10.0 Å². The van der Waals surface area contributed by atoms with E-state index in [0.717, 1.165) is 38.5 Å². The number of unbranched alkanes of at least 4 members (excludes halogenated alkanes) is 4. The van der Waals surface area contributed by atoms with Crippen LogP contribution in [0.15, 0.2) is 33.6 Å². The van der Waals surface area contributed by atoms with E-state index in [2.05, 4.69) is 29.8 Å². The Morgan fingerprint density at radius 3 is 1.95 bits per heavy atom. The molecule has 0 saturated heterocycles. The smallest absolute Gasteiger partial charge is 0.207 e. The summed E-state index contributed by atoms with van der Waals surface area (Å²) >= 11 is 3.36. The number of benzene rings is 1. The average Bonchev–Trinajstić information content (AvgIpc) is 2.46. The number of hydrogen-bond donors (Lipinski definition) is 0. The first-order valence-electron chi connectivity index (χ1n) is 7.78. The molecule has 0 saturated carbocycles. The van der Waals surface area contributed by atoms with Crippen LogP contribution in [0.2, 0.25) is 0 Å². The van der Waals surface area contributed by atoms with E-state index < -0.39 is 10.0 Å². The lowest BCUT2D eigenvalue weighted by atomic mass is 10.2. The molecule has 3 nitrogen and oxygen atoms in total. The van der Waals surface area contributed by atoms with E-state index in [1.807, 2.05) is 6.07 Å². The van der Waals surface area contributed by atoms with Gasteiger partial charge in [-0.2, -0.15) is 4.31 Å². The number of halogens is 1. The quantitative estimate of drug-likeness (QED) is 0.549. The first-order valence-corrected chi connectivity index (χ1v) is 10.0. The van der Waals surface area contributed by atoms with Crippen LogP contribution in [-0.4, -0.2) is 25.8 Å². The van der Waals surface area contributed by atoms with Crippen LogP contribution in [0.25, 0.3) is 0 Å². The second-order valence-electron chi connectivity index (χ2n) is 5.25. The molecule has 0 spiro atoms. The van der Waals surface area contributed by atoms with Crippen LogP contribution >= 0.6 is 15.9 Å². The van der Waals surface area contributed by atoms with Crippen LogP contribution in [0, 0.1) is 0 Å². The number of sulfonamides is 1. The van der Waals surface area contributed by atoms with Crippen molar-refractivity contribution in [1.82, 2.24) is 4.31 Å². The molecule has 0 aliphatic heterocycles. The van der Waals surface area contributed by atoms with Gasteiger partial charge in [0.25, 0.3) is 0 Å². The van der Waals surface area contributed by atoms with Gasteiger partial charge >= 0.3 is 0 Å². The third kappa shape index (κ3) is 5.72. The summed E-state index contributed by atoms with van der Waals surface area (Å²) in [6, 6.07) is 7.06. The fraction of sp³-hybridized carbons (Fsp3) is 0.625. The van der Waals surface area contributed by atoms with Crippen LogP contribution in [0.5, 0.6) is 0 Å². The summed E-state index contributed by atoms with van der Waals surface area (Å²) < 4.78 is 28.0. The minimum Gasteiger partial charge on any atom is -0.207 e. The molecule has 0 amide bonds. The van der Waals surface area contributed by atoms with Crippen LogP contribution in [0.1, 0.15) is 52.4 Å². The van der Waals surface area contributed by atoms with Crippen molar-refractivity contribution in [3.8, 4) is 0 Å². The fourth-order valence-corrected chi connectivity index (χ4v) is 4.70. The maximum Gasteiger partial charge on any atom is 0.244 e. The lowest BCUT2D eigenvalue weighted by molar-refractivity contribution is 0.388. The predicted molar refractivity (Wildman–Crippen MR) is 92.0 cm³/mol. The third-order valence-corrected chi connectivity index (χ3v) is 6.39. The van der Waals surface area contributed by atoms with E-state index in [0.29, 0.717) is 22.5 Å². The van der Waals surface area contributed by atoms with Gasteiger partial charge in [-0.15, -0.1) is 0 Å². The molecule has 0 bridgehead atoms. The van der Waals surface area contributed by atoms with Gasteiger partial charge in [0, 0.05) is 17.6 Å². The van der Waals surface area contributed by atoms with Gasteiger partial charge in [-0.3, -0.25) is 0 Å². The number of hydrogen-bond acceptors (Lipinski definition) is 2. The van der Waals surface area contributed by atoms with E-state index in [9.17, 15) is 8.42 Å². The molecule has 0 unspecified atom stereocenters. The zero-order chi connectivity index (χ0) is 15.7. The van der Waals surface area contributed by atoms with Gasteiger partial charge in [0.15, 0.2) is 0 Å². The molecule has 21 heavy (non-hydrogen) atoms. The summed E-state index contributed by atoms with van der Waals surface area (Å²) in [7, 11) is -3.41. The number of nitrogens with zero attached hydrogens (tertiary/aromatic N) is 1. The van der Waals surface area contributed by atoms with E-state index >= 15 is 0 Å². The van der Waals surface area contributed by atoms with E-state index in [1.165, 1.54) is 0 Å². The topological polar surface area (TPSA) is 37.4 Å². The molecule has 0 aromatic heterocycles. The summed E-state index contributed by atoms with van der Waals surface area (Å²) in [6.07, 6.45) is 6.17. The monoisotopic (exact) mass is 375 g/mol. The zero-order valence-electron chi connectivity index (χ0n) is 13.0. The normalized spacial score (nSPS) is 12.0. The van der Waals surface area contributed by atoms with Crippen molar-refractivity contribution in [2.24, 2.45) is 0 Å². The zero-order valence-corrected chi connectivity index (χ0v) is 15.4. The molecule has 1 aromatic rings. The summed E-state index contributed by atoms with van der Waals surface area (Å²) in [5.74, 6) is 0. The van der Waals surface area contributed by atoms with Gasteiger partial charge in [-0.25, -0.2) is 8.42 Å². The Bertz CT molecular complexity index is 507. The predicted octanol–water partition coefficient (Wildman–Crippen LogP) is 4.82. The second-order valence-corrected chi connectivity index (χ2v) is 8.01. The maximum absolute atomic E-state index is 12.8. The average molecular weight is 376 g/mol. The highest BCUT2D eigenvalue weighted by Crippen LogP contribution is 2.25. The molecular weight excluding hydrogens is 350 g/mol. The van der Waals surface area contributed by atoms with Crippen molar-refractivity contribution >= 4 is 26.0 Å². The van der Waals surface area contributed by atoms with Crippen molar-refractivity contribution in [3.63, 3.8) is 0 Å². The van der Waals surface area contributed by atoms with Crippen molar-refractivity contribution in [2.45, 2.75) is 57.3 Å². The Morgan fingerprint density at radius 2 is 1.48 bits per heavy atom. The summed E-state index contributed by atoms with van der Waals surface area (Å²) in [6.45, 7) is 5.48. The molecule has 120 valence electrons. The third-order valence-electron chi connectivity index (χ3n) is 3.48. The Labute approximate surface area is 137 Å². The van der Waals surface area contributed by atoms with Crippen molar-refractivity contribution in [1.29, 1.82) is 0 Å². The molecule has 0 aliphatic carbocycles. The number of rotatable bonds is 10. The van der Waals surface area contributed by atoms with Gasteiger partial charge < -0.3 is 0 Å². The molecule has 0 fully saturated rings. The van der Waals surface area contributed by atoms with Crippen LogP contribution < -0.4 is 0 Å². The Balaban J connectivity index is 2.90. The molecule has 0 atom stereocenters. The van der Waals surface area contributed by atoms with Crippen LogP contribution in [0.3, 0.4) is 0 Å². The molecule has 0 radical (unpaired) electrons. The standard InChI is InChI=1S/C16H26BrNO2S/c1-3-5-9-13-18(14-10-6-4-2)21(19,20)16-12-8-7-11-15(16)17/h7-8,11-12H,3-6,9-10,13-14H2,1-2H3. The largest absolute Gasteiger partial charge is 0.244 e. The van der Waals surface area contributed by atoms with Gasteiger partial charge in [-0.1, -0.05) is 51.7 Å². The Hall–Kier alpha value is -0.390. The molecular formula is C16H26BrNO2S. The summed E-state index contributed by atoms with van der Waals surface area (Å²) in [5, 5.41) is 0. The van der Waals surface area contributed by atoms with Crippen molar-refractivity contribution in [2.75, 3.05) is 13.1 Å². The van der Waals surface area contributed by atoms with Gasteiger partial charge in [0.05, 0.1) is 4.90 Å². The minimum absolute atomic E-state index is 0.373. The SMILES string of the molecule is CCCCCN(CCCCC)S(=O)(=O)c1ccccc1Br.